The number of aliphatic hydroxyl groups excluding tert-OH is 1. The number of carbonyl (C=O) groups is 1. The predicted molar refractivity (Wildman–Crippen MR) is 87.7 cm³/mol. The van der Waals surface area contributed by atoms with Gasteiger partial charge >= 0.3 is 6.09 Å². The van der Waals surface area contributed by atoms with E-state index in [1.54, 1.807) is 4.90 Å². The molecule has 0 bridgehead atoms. The van der Waals surface area contributed by atoms with E-state index in [2.05, 4.69) is 6.92 Å². The van der Waals surface area contributed by atoms with Gasteiger partial charge in [-0.15, -0.1) is 0 Å². The van der Waals surface area contributed by atoms with Crippen molar-refractivity contribution in [2.24, 2.45) is 17.8 Å². The molecule has 0 aromatic heterocycles. The molecule has 0 radical (unpaired) electrons. The molecular weight excluding hydrogens is 278 g/mol. The van der Waals surface area contributed by atoms with Crippen LogP contribution in [-0.2, 0) is 4.74 Å². The number of likely N-dealkylation sites (tertiary alicyclic amines) is 1. The molecule has 4 unspecified atom stereocenters. The van der Waals surface area contributed by atoms with E-state index in [-0.39, 0.29) is 18.1 Å². The van der Waals surface area contributed by atoms with Gasteiger partial charge in [0.05, 0.1) is 6.10 Å². The Morgan fingerprint density at radius 2 is 1.95 bits per heavy atom. The molecule has 0 aromatic rings. The van der Waals surface area contributed by atoms with Crippen molar-refractivity contribution in [3.8, 4) is 0 Å². The summed E-state index contributed by atoms with van der Waals surface area (Å²) in [5.74, 6) is 1.28. The van der Waals surface area contributed by atoms with Gasteiger partial charge in [-0.2, -0.15) is 0 Å². The van der Waals surface area contributed by atoms with Crippen LogP contribution in [0.25, 0.3) is 0 Å². The number of rotatable bonds is 3. The number of ether oxygens (including phenoxy) is 1. The lowest BCUT2D eigenvalue weighted by atomic mass is 9.72. The fraction of sp³-hybridized carbons (Fsp3) is 0.944. The highest BCUT2D eigenvalue weighted by molar-refractivity contribution is 5.68. The molecule has 2 rings (SSSR count). The van der Waals surface area contributed by atoms with E-state index >= 15 is 0 Å². The van der Waals surface area contributed by atoms with Crippen LogP contribution in [-0.4, -0.2) is 40.9 Å². The van der Waals surface area contributed by atoms with Crippen LogP contribution >= 0.6 is 0 Å². The van der Waals surface area contributed by atoms with E-state index in [0.717, 1.165) is 19.3 Å². The number of carbonyl (C=O) groups excluding carboxylic acids is 1. The lowest BCUT2D eigenvalue weighted by molar-refractivity contribution is 0.00213. The van der Waals surface area contributed by atoms with Gasteiger partial charge in [0.1, 0.15) is 5.60 Å². The second-order valence-corrected chi connectivity index (χ2v) is 8.08. The van der Waals surface area contributed by atoms with Crippen LogP contribution in [0, 0.1) is 17.8 Å². The lowest BCUT2D eigenvalue weighted by Gasteiger charge is -2.36. The fourth-order valence-corrected chi connectivity index (χ4v) is 4.10. The molecule has 1 heterocycles. The zero-order valence-electron chi connectivity index (χ0n) is 14.7. The number of nitrogens with zero attached hydrogens (tertiary/aromatic N) is 1. The van der Waals surface area contributed by atoms with E-state index < -0.39 is 5.60 Å². The standard InChI is InChI=1S/C18H33NO3/c1-5-13-8-6-7-9-15(13)16(20)14-10-11-19(12-14)17(21)22-18(2,3)4/h13-16,20H,5-12H2,1-4H3. The van der Waals surface area contributed by atoms with Crippen molar-refractivity contribution >= 4 is 6.09 Å². The quantitative estimate of drug-likeness (QED) is 0.862. The Labute approximate surface area is 135 Å². The number of hydrogen-bond donors (Lipinski definition) is 1. The third kappa shape index (κ3) is 4.37. The van der Waals surface area contributed by atoms with Crippen LogP contribution in [0.15, 0.2) is 0 Å². The van der Waals surface area contributed by atoms with Crippen molar-refractivity contribution in [1.82, 2.24) is 4.90 Å². The van der Waals surface area contributed by atoms with Crippen molar-refractivity contribution in [3.63, 3.8) is 0 Å². The highest BCUT2D eigenvalue weighted by Crippen LogP contribution is 2.38. The van der Waals surface area contributed by atoms with Crippen LogP contribution in [0.1, 0.15) is 66.2 Å². The fourth-order valence-electron chi connectivity index (χ4n) is 4.10. The predicted octanol–water partition coefficient (Wildman–Crippen LogP) is 3.82. The van der Waals surface area contributed by atoms with Crippen molar-refractivity contribution in [2.45, 2.75) is 77.9 Å². The Morgan fingerprint density at radius 1 is 1.27 bits per heavy atom. The maximum Gasteiger partial charge on any atom is 0.410 e. The van der Waals surface area contributed by atoms with Gasteiger partial charge in [0.15, 0.2) is 0 Å². The number of aliphatic hydroxyl groups is 1. The first-order valence-electron chi connectivity index (χ1n) is 8.97. The van der Waals surface area contributed by atoms with Crippen molar-refractivity contribution in [2.75, 3.05) is 13.1 Å². The monoisotopic (exact) mass is 311 g/mol. The minimum Gasteiger partial charge on any atom is -0.444 e. The molecule has 1 amide bonds. The van der Waals surface area contributed by atoms with Gasteiger partial charge in [-0.25, -0.2) is 4.79 Å². The Kier molecular flexibility index (Phi) is 5.76. The molecule has 0 spiro atoms. The Balaban J connectivity index is 1.90. The summed E-state index contributed by atoms with van der Waals surface area (Å²) in [6.07, 6.45) is 6.48. The molecule has 128 valence electrons. The Hall–Kier alpha value is -0.770. The summed E-state index contributed by atoms with van der Waals surface area (Å²) in [5, 5.41) is 10.8. The second kappa shape index (κ2) is 7.20. The molecule has 2 aliphatic rings. The van der Waals surface area contributed by atoms with Crippen LogP contribution < -0.4 is 0 Å². The van der Waals surface area contributed by atoms with Gasteiger partial charge in [-0.05, 0) is 45.4 Å². The summed E-state index contributed by atoms with van der Waals surface area (Å²) in [6, 6.07) is 0. The largest absolute Gasteiger partial charge is 0.444 e. The maximum atomic E-state index is 12.1. The number of amides is 1. The molecule has 2 fully saturated rings. The van der Waals surface area contributed by atoms with Crippen molar-refractivity contribution in [3.05, 3.63) is 0 Å². The third-order valence-corrected chi connectivity index (χ3v) is 5.29. The molecule has 1 N–H and O–H groups in total. The van der Waals surface area contributed by atoms with E-state index in [9.17, 15) is 9.90 Å². The first kappa shape index (κ1) is 17.6. The summed E-state index contributed by atoms with van der Waals surface area (Å²) in [4.78, 5) is 13.9. The van der Waals surface area contributed by atoms with Gasteiger partial charge in [0.2, 0.25) is 0 Å². The summed E-state index contributed by atoms with van der Waals surface area (Å²) < 4.78 is 5.44. The van der Waals surface area contributed by atoms with E-state index in [1.165, 1.54) is 19.3 Å². The first-order valence-corrected chi connectivity index (χ1v) is 8.97. The maximum absolute atomic E-state index is 12.1. The highest BCUT2D eigenvalue weighted by atomic mass is 16.6. The molecule has 1 saturated carbocycles. The summed E-state index contributed by atoms with van der Waals surface area (Å²) in [6.45, 7) is 9.25. The van der Waals surface area contributed by atoms with Crippen LogP contribution in [0.2, 0.25) is 0 Å². The van der Waals surface area contributed by atoms with Gasteiger partial charge in [0, 0.05) is 19.0 Å². The normalized spacial score (nSPS) is 31.1. The zero-order chi connectivity index (χ0) is 16.3. The number of hydrogen-bond acceptors (Lipinski definition) is 3. The summed E-state index contributed by atoms with van der Waals surface area (Å²) in [5.41, 5.74) is -0.454. The highest BCUT2D eigenvalue weighted by Gasteiger charge is 2.39. The summed E-state index contributed by atoms with van der Waals surface area (Å²) in [7, 11) is 0. The average Bonchev–Trinajstić information content (AvgIpc) is 2.94. The lowest BCUT2D eigenvalue weighted by Crippen LogP contribution is -2.39. The topological polar surface area (TPSA) is 49.8 Å². The minimum atomic E-state index is -0.454. The Morgan fingerprint density at radius 3 is 2.59 bits per heavy atom. The molecule has 1 aliphatic carbocycles. The second-order valence-electron chi connectivity index (χ2n) is 8.08. The molecular formula is C18H33NO3. The molecule has 0 aromatic carbocycles. The first-order chi connectivity index (χ1) is 10.3. The van der Waals surface area contributed by atoms with Crippen LogP contribution in [0.3, 0.4) is 0 Å². The van der Waals surface area contributed by atoms with E-state index in [0.29, 0.717) is 24.9 Å². The van der Waals surface area contributed by atoms with Gasteiger partial charge < -0.3 is 14.7 Å². The Bertz CT molecular complexity index is 377. The van der Waals surface area contributed by atoms with E-state index in [1.807, 2.05) is 20.8 Å². The van der Waals surface area contributed by atoms with Crippen molar-refractivity contribution < 1.29 is 14.6 Å². The zero-order valence-corrected chi connectivity index (χ0v) is 14.7. The molecule has 1 saturated heterocycles. The molecule has 4 heteroatoms. The van der Waals surface area contributed by atoms with Crippen LogP contribution in [0.5, 0.6) is 0 Å². The average molecular weight is 311 g/mol. The van der Waals surface area contributed by atoms with Gasteiger partial charge in [-0.3, -0.25) is 0 Å². The SMILES string of the molecule is CCC1CCCCC1C(O)C1CCN(C(=O)OC(C)(C)C)C1. The minimum absolute atomic E-state index is 0.213. The van der Waals surface area contributed by atoms with Gasteiger partial charge in [0.25, 0.3) is 0 Å². The van der Waals surface area contributed by atoms with Crippen LogP contribution in [0.4, 0.5) is 4.79 Å². The molecule has 4 atom stereocenters. The molecule has 22 heavy (non-hydrogen) atoms. The molecule has 4 nitrogen and oxygen atoms in total. The smallest absolute Gasteiger partial charge is 0.410 e. The van der Waals surface area contributed by atoms with Gasteiger partial charge in [-0.1, -0.05) is 32.6 Å². The summed E-state index contributed by atoms with van der Waals surface area (Å²) >= 11 is 0. The third-order valence-electron chi connectivity index (χ3n) is 5.29. The van der Waals surface area contributed by atoms with E-state index in [4.69, 9.17) is 4.74 Å². The van der Waals surface area contributed by atoms with Crippen molar-refractivity contribution in [1.29, 1.82) is 0 Å². The molecule has 1 aliphatic heterocycles.